The molecule has 0 saturated carbocycles. The summed E-state index contributed by atoms with van der Waals surface area (Å²) in [6.07, 6.45) is 0. The smallest absolute Gasteiger partial charge is 0.335 e. The van der Waals surface area contributed by atoms with E-state index in [-0.39, 0.29) is 17.7 Å². The van der Waals surface area contributed by atoms with Gasteiger partial charge >= 0.3 is 5.97 Å². The number of aryl methyl sites for hydroxylation is 1. The zero-order chi connectivity index (χ0) is 14.7. The largest absolute Gasteiger partial charge is 0.488 e. The lowest BCUT2D eigenvalue weighted by Gasteiger charge is -2.10. The lowest BCUT2D eigenvalue weighted by molar-refractivity contribution is 0.0696. The third-order valence-electron chi connectivity index (χ3n) is 2.76. The molecule has 0 fully saturated rings. The van der Waals surface area contributed by atoms with Crippen LogP contribution >= 0.6 is 15.9 Å². The number of carboxylic acids is 1. The van der Waals surface area contributed by atoms with Gasteiger partial charge in [0, 0.05) is 5.56 Å². The SMILES string of the molecule is Cc1ccc(OCc2cc(C(=O)O)ccc2F)c(Br)c1. The van der Waals surface area contributed by atoms with Gasteiger partial charge in [0.2, 0.25) is 0 Å². The summed E-state index contributed by atoms with van der Waals surface area (Å²) in [6.45, 7) is 1.92. The highest BCUT2D eigenvalue weighted by Gasteiger charge is 2.10. The quantitative estimate of drug-likeness (QED) is 0.909. The molecule has 0 aliphatic carbocycles. The van der Waals surface area contributed by atoms with Crippen molar-refractivity contribution in [1.29, 1.82) is 0 Å². The summed E-state index contributed by atoms with van der Waals surface area (Å²) in [4.78, 5) is 10.9. The number of carbonyl (C=O) groups is 1. The molecule has 3 nitrogen and oxygen atoms in total. The lowest BCUT2D eigenvalue weighted by Crippen LogP contribution is -2.03. The van der Waals surface area contributed by atoms with Crippen molar-refractivity contribution in [2.24, 2.45) is 0 Å². The van der Waals surface area contributed by atoms with Crippen LogP contribution in [0.4, 0.5) is 4.39 Å². The Balaban J connectivity index is 2.18. The first-order chi connectivity index (χ1) is 9.47. The monoisotopic (exact) mass is 338 g/mol. The molecule has 0 bridgehead atoms. The number of carboxylic acid groups (broad SMARTS) is 1. The van der Waals surface area contributed by atoms with E-state index in [0.717, 1.165) is 16.1 Å². The first kappa shape index (κ1) is 14.5. The van der Waals surface area contributed by atoms with Gasteiger partial charge < -0.3 is 9.84 Å². The average Bonchev–Trinajstić information content (AvgIpc) is 2.39. The Morgan fingerprint density at radius 3 is 2.70 bits per heavy atom. The number of rotatable bonds is 4. The predicted molar refractivity (Wildman–Crippen MR) is 76.6 cm³/mol. The van der Waals surface area contributed by atoms with Crippen LogP contribution in [0.25, 0.3) is 0 Å². The molecule has 0 aromatic heterocycles. The number of halogens is 2. The molecule has 0 aliphatic rings. The van der Waals surface area contributed by atoms with Crippen molar-refractivity contribution in [1.82, 2.24) is 0 Å². The third kappa shape index (κ3) is 3.36. The van der Waals surface area contributed by atoms with E-state index in [1.165, 1.54) is 12.1 Å². The molecule has 0 unspecified atom stereocenters. The topological polar surface area (TPSA) is 46.5 Å². The van der Waals surface area contributed by atoms with Crippen LogP contribution in [0.3, 0.4) is 0 Å². The van der Waals surface area contributed by atoms with E-state index in [1.807, 2.05) is 19.1 Å². The Morgan fingerprint density at radius 1 is 1.30 bits per heavy atom. The normalized spacial score (nSPS) is 10.3. The van der Waals surface area contributed by atoms with E-state index in [2.05, 4.69) is 15.9 Å². The van der Waals surface area contributed by atoms with E-state index >= 15 is 0 Å². The lowest BCUT2D eigenvalue weighted by atomic mass is 10.1. The van der Waals surface area contributed by atoms with E-state index in [9.17, 15) is 9.18 Å². The first-order valence-corrected chi connectivity index (χ1v) is 6.67. The van der Waals surface area contributed by atoms with Gasteiger partial charge in [-0.2, -0.15) is 0 Å². The highest BCUT2D eigenvalue weighted by atomic mass is 79.9. The van der Waals surface area contributed by atoms with Crippen LogP contribution in [0.5, 0.6) is 5.75 Å². The summed E-state index contributed by atoms with van der Waals surface area (Å²) in [5.74, 6) is -1.00. The van der Waals surface area contributed by atoms with Crippen molar-refractivity contribution in [2.75, 3.05) is 0 Å². The molecule has 0 spiro atoms. The van der Waals surface area contributed by atoms with Gasteiger partial charge in [0.15, 0.2) is 0 Å². The van der Waals surface area contributed by atoms with Crippen molar-refractivity contribution in [3.63, 3.8) is 0 Å². The van der Waals surface area contributed by atoms with Gasteiger partial charge in [-0.25, -0.2) is 9.18 Å². The van der Waals surface area contributed by atoms with Crippen molar-refractivity contribution in [3.05, 3.63) is 63.4 Å². The second kappa shape index (κ2) is 6.05. The van der Waals surface area contributed by atoms with Crippen LogP contribution in [0.2, 0.25) is 0 Å². The van der Waals surface area contributed by atoms with Gasteiger partial charge in [0.25, 0.3) is 0 Å². The van der Waals surface area contributed by atoms with Gasteiger partial charge in [0.1, 0.15) is 18.2 Å². The highest BCUT2D eigenvalue weighted by molar-refractivity contribution is 9.10. The molecule has 0 radical (unpaired) electrons. The molecule has 0 aliphatic heterocycles. The Kier molecular flexibility index (Phi) is 4.39. The zero-order valence-corrected chi connectivity index (χ0v) is 12.3. The van der Waals surface area contributed by atoms with E-state index in [1.54, 1.807) is 6.07 Å². The molecule has 0 atom stereocenters. The molecule has 2 aromatic rings. The van der Waals surface area contributed by atoms with Crippen molar-refractivity contribution < 1.29 is 19.0 Å². The summed E-state index contributed by atoms with van der Waals surface area (Å²) >= 11 is 3.36. The number of hydrogen-bond donors (Lipinski definition) is 1. The van der Waals surface area contributed by atoms with Crippen LogP contribution in [0, 0.1) is 12.7 Å². The minimum absolute atomic E-state index is 0.0331. The van der Waals surface area contributed by atoms with Crippen LogP contribution in [0.1, 0.15) is 21.5 Å². The molecular formula is C15H12BrFO3. The molecule has 0 heterocycles. The summed E-state index contributed by atoms with van der Waals surface area (Å²) < 4.78 is 19.9. The molecule has 0 amide bonds. The van der Waals surface area contributed by atoms with Gasteiger partial charge in [0.05, 0.1) is 10.0 Å². The second-order valence-electron chi connectivity index (χ2n) is 4.33. The van der Waals surface area contributed by atoms with Gasteiger partial charge in [-0.05, 0) is 58.7 Å². The fraction of sp³-hybridized carbons (Fsp3) is 0.133. The molecular weight excluding hydrogens is 327 g/mol. The Hall–Kier alpha value is -1.88. The van der Waals surface area contributed by atoms with Gasteiger partial charge in [-0.1, -0.05) is 6.07 Å². The van der Waals surface area contributed by atoms with E-state index in [4.69, 9.17) is 9.84 Å². The second-order valence-corrected chi connectivity index (χ2v) is 5.19. The van der Waals surface area contributed by atoms with Gasteiger partial charge in [-0.3, -0.25) is 0 Å². The predicted octanol–water partition coefficient (Wildman–Crippen LogP) is 4.17. The maximum atomic E-state index is 13.6. The van der Waals surface area contributed by atoms with Crippen molar-refractivity contribution in [2.45, 2.75) is 13.5 Å². The number of aromatic carboxylic acids is 1. The summed E-state index contributed by atoms with van der Waals surface area (Å²) in [5.41, 5.74) is 1.31. The molecule has 0 saturated heterocycles. The number of benzene rings is 2. The minimum Gasteiger partial charge on any atom is -0.488 e. The molecule has 5 heteroatoms. The Morgan fingerprint density at radius 2 is 2.05 bits per heavy atom. The first-order valence-electron chi connectivity index (χ1n) is 5.88. The van der Waals surface area contributed by atoms with Crippen LogP contribution in [-0.4, -0.2) is 11.1 Å². The van der Waals surface area contributed by atoms with Crippen LogP contribution in [0.15, 0.2) is 40.9 Å². The number of hydrogen-bond acceptors (Lipinski definition) is 2. The fourth-order valence-corrected chi connectivity index (χ4v) is 2.30. The molecule has 20 heavy (non-hydrogen) atoms. The fourth-order valence-electron chi connectivity index (χ4n) is 1.70. The summed E-state index contributed by atoms with van der Waals surface area (Å²) in [7, 11) is 0. The third-order valence-corrected chi connectivity index (χ3v) is 3.38. The maximum Gasteiger partial charge on any atom is 0.335 e. The molecule has 2 aromatic carbocycles. The summed E-state index contributed by atoms with van der Waals surface area (Å²) in [5, 5.41) is 8.89. The van der Waals surface area contributed by atoms with Gasteiger partial charge in [-0.15, -0.1) is 0 Å². The highest BCUT2D eigenvalue weighted by Crippen LogP contribution is 2.27. The summed E-state index contributed by atoms with van der Waals surface area (Å²) in [6, 6.07) is 9.18. The van der Waals surface area contributed by atoms with Crippen molar-refractivity contribution in [3.8, 4) is 5.75 Å². The Bertz CT molecular complexity index is 656. The van der Waals surface area contributed by atoms with E-state index < -0.39 is 11.8 Å². The van der Waals surface area contributed by atoms with Crippen molar-refractivity contribution >= 4 is 21.9 Å². The zero-order valence-electron chi connectivity index (χ0n) is 10.7. The van der Waals surface area contributed by atoms with Crippen LogP contribution < -0.4 is 4.74 Å². The Labute approximate surface area is 124 Å². The molecule has 1 N–H and O–H groups in total. The maximum absolute atomic E-state index is 13.6. The number of ether oxygens (including phenoxy) is 1. The standard InChI is InChI=1S/C15H12BrFO3/c1-9-2-5-14(12(16)6-9)20-8-11-7-10(15(18)19)3-4-13(11)17/h2-7H,8H2,1H3,(H,18,19). The average molecular weight is 339 g/mol. The molecule has 104 valence electrons. The van der Waals surface area contributed by atoms with Crippen LogP contribution in [-0.2, 0) is 6.61 Å². The minimum atomic E-state index is -1.09. The van der Waals surface area contributed by atoms with E-state index in [0.29, 0.717) is 5.75 Å². The molecule has 2 rings (SSSR count).